The lowest BCUT2D eigenvalue weighted by Crippen LogP contribution is -2.47. The predicted octanol–water partition coefficient (Wildman–Crippen LogP) is 3.85. The van der Waals surface area contributed by atoms with Gasteiger partial charge in [-0.2, -0.15) is 0 Å². The first-order valence-electron chi connectivity index (χ1n) is 10.4. The molecule has 1 saturated carbocycles. The fourth-order valence-corrected chi connectivity index (χ4v) is 4.43. The molecule has 1 aliphatic carbocycles. The number of hydrogen-bond donors (Lipinski definition) is 3. The number of halogens is 1. The summed E-state index contributed by atoms with van der Waals surface area (Å²) < 4.78 is 0. The molecule has 1 fully saturated rings. The molecule has 0 radical (unpaired) electrons. The Morgan fingerprint density at radius 3 is 2.66 bits per heavy atom. The summed E-state index contributed by atoms with van der Waals surface area (Å²) in [4.78, 5) is 21.4. The Bertz CT molecular complexity index is 668. The molecular formula is C21H38IN5OS. The molecule has 0 spiro atoms. The van der Waals surface area contributed by atoms with Crippen molar-refractivity contribution in [2.45, 2.75) is 84.2 Å². The van der Waals surface area contributed by atoms with E-state index in [4.69, 9.17) is 4.98 Å². The van der Waals surface area contributed by atoms with Gasteiger partial charge < -0.3 is 16.0 Å². The third kappa shape index (κ3) is 8.78. The van der Waals surface area contributed by atoms with Crippen molar-refractivity contribution >= 4 is 47.2 Å². The number of aliphatic imine (C=N–C) groups is 1. The molecular weight excluding hydrogens is 497 g/mol. The van der Waals surface area contributed by atoms with E-state index in [1.807, 2.05) is 13.8 Å². The highest BCUT2D eigenvalue weighted by molar-refractivity contribution is 14.0. The first kappa shape index (κ1) is 26.1. The lowest BCUT2D eigenvalue weighted by Gasteiger charge is -2.30. The van der Waals surface area contributed by atoms with E-state index in [-0.39, 0.29) is 53.3 Å². The van der Waals surface area contributed by atoms with Crippen LogP contribution in [-0.4, -0.2) is 42.5 Å². The van der Waals surface area contributed by atoms with Crippen molar-refractivity contribution in [2.75, 3.05) is 13.6 Å². The molecule has 1 aromatic rings. The minimum absolute atomic E-state index is 0. The fraction of sp³-hybridized carbons (Fsp3) is 0.762. The van der Waals surface area contributed by atoms with Crippen molar-refractivity contribution < 1.29 is 4.79 Å². The molecule has 8 heteroatoms. The molecule has 1 aromatic heterocycles. The summed E-state index contributed by atoms with van der Waals surface area (Å²) in [5.41, 5.74) is 1.25. The second kappa shape index (κ2) is 12.1. The number of carbonyl (C=O) groups excluding carboxylic acids is 1. The summed E-state index contributed by atoms with van der Waals surface area (Å²) in [6.07, 6.45) is 4.86. The largest absolute Gasteiger partial charge is 0.356 e. The highest BCUT2D eigenvalue weighted by Gasteiger charge is 2.28. The van der Waals surface area contributed by atoms with Crippen LogP contribution in [-0.2, 0) is 16.6 Å². The molecule has 2 rings (SSSR count). The quantitative estimate of drug-likeness (QED) is 0.294. The average Bonchev–Trinajstić information content (AvgIpc) is 3.10. The molecule has 0 bridgehead atoms. The molecule has 1 amide bonds. The van der Waals surface area contributed by atoms with Crippen molar-refractivity contribution in [2.24, 2.45) is 10.9 Å². The van der Waals surface area contributed by atoms with E-state index in [1.165, 1.54) is 0 Å². The molecule has 1 heterocycles. The summed E-state index contributed by atoms with van der Waals surface area (Å²) in [6, 6.07) is 0.482. The average molecular weight is 536 g/mol. The van der Waals surface area contributed by atoms with E-state index in [0.29, 0.717) is 0 Å². The van der Waals surface area contributed by atoms with Crippen molar-refractivity contribution in [3.63, 3.8) is 0 Å². The van der Waals surface area contributed by atoms with Crippen LogP contribution in [0.5, 0.6) is 0 Å². The third-order valence-electron chi connectivity index (χ3n) is 4.99. The van der Waals surface area contributed by atoms with E-state index >= 15 is 0 Å². The summed E-state index contributed by atoms with van der Waals surface area (Å²) in [6.45, 7) is 11.4. The lowest BCUT2D eigenvalue weighted by atomic mass is 9.85. The molecule has 2 atom stereocenters. The first-order chi connectivity index (χ1) is 13.2. The number of hydrogen-bond acceptors (Lipinski definition) is 4. The molecule has 0 aromatic carbocycles. The summed E-state index contributed by atoms with van der Waals surface area (Å²) >= 11 is 1.72. The van der Waals surface area contributed by atoms with Gasteiger partial charge in [0, 0.05) is 48.8 Å². The number of thiazole rings is 1. The number of aromatic nitrogens is 1. The van der Waals surface area contributed by atoms with Crippen LogP contribution >= 0.6 is 35.3 Å². The van der Waals surface area contributed by atoms with Crippen LogP contribution in [0.1, 0.15) is 71.0 Å². The van der Waals surface area contributed by atoms with Gasteiger partial charge in [-0.1, -0.05) is 27.2 Å². The third-order valence-corrected chi connectivity index (χ3v) is 5.90. The standard InChI is InChI=1S/C21H37N5OS.HI/c1-14(2)24-19(27)15-8-7-9-16(12-15)25-20(22-6)23-11-10-18-26-17(13-28-18)21(3,4)5;/h13-16H,7-12H2,1-6H3,(H,24,27)(H2,22,23,25);1H. The Balaban J connectivity index is 0.00000420. The van der Waals surface area contributed by atoms with Gasteiger partial charge in [0.05, 0.1) is 10.7 Å². The predicted molar refractivity (Wildman–Crippen MR) is 133 cm³/mol. The second-order valence-corrected chi connectivity index (χ2v) is 9.94. The Morgan fingerprint density at radius 1 is 1.34 bits per heavy atom. The Hall–Kier alpha value is -0.900. The molecule has 1 aliphatic rings. The van der Waals surface area contributed by atoms with Crippen LogP contribution < -0.4 is 16.0 Å². The number of guanidine groups is 1. The van der Waals surface area contributed by atoms with Gasteiger partial charge in [0.2, 0.25) is 5.91 Å². The van der Waals surface area contributed by atoms with E-state index in [0.717, 1.165) is 55.3 Å². The maximum Gasteiger partial charge on any atom is 0.223 e. The smallest absolute Gasteiger partial charge is 0.223 e. The van der Waals surface area contributed by atoms with Gasteiger partial charge in [0.1, 0.15) is 0 Å². The maximum atomic E-state index is 12.3. The number of nitrogens with one attached hydrogen (secondary N) is 3. The maximum absolute atomic E-state index is 12.3. The molecule has 29 heavy (non-hydrogen) atoms. The highest BCUT2D eigenvalue weighted by atomic mass is 127. The zero-order chi connectivity index (χ0) is 20.7. The molecule has 6 nitrogen and oxygen atoms in total. The molecule has 0 aliphatic heterocycles. The van der Waals surface area contributed by atoms with Crippen LogP contribution in [0.4, 0.5) is 0 Å². The van der Waals surface area contributed by atoms with Gasteiger partial charge in [-0.15, -0.1) is 35.3 Å². The number of amides is 1. The van der Waals surface area contributed by atoms with Crippen LogP contribution in [0.3, 0.4) is 0 Å². The van der Waals surface area contributed by atoms with E-state index in [2.05, 4.69) is 47.1 Å². The zero-order valence-electron chi connectivity index (χ0n) is 18.7. The van der Waals surface area contributed by atoms with Crippen molar-refractivity contribution in [1.82, 2.24) is 20.9 Å². The monoisotopic (exact) mass is 535 g/mol. The Labute approximate surface area is 197 Å². The SMILES string of the molecule is CN=C(NCCc1nc(C(C)(C)C)cs1)NC1CCCC(C(=O)NC(C)C)C1.I. The van der Waals surface area contributed by atoms with Crippen molar-refractivity contribution in [3.8, 4) is 0 Å². The fourth-order valence-electron chi connectivity index (χ4n) is 3.41. The number of carbonyl (C=O) groups is 1. The molecule has 3 N–H and O–H groups in total. The number of rotatable bonds is 6. The summed E-state index contributed by atoms with van der Waals surface area (Å²) in [7, 11) is 1.79. The van der Waals surface area contributed by atoms with E-state index in [1.54, 1.807) is 18.4 Å². The zero-order valence-corrected chi connectivity index (χ0v) is 21.8. The van der Waals surface area contributed by atoms with E-state index < -0.39 is 0 Å². The second-order valence-electron chi connectivity index (χ2n) is 8.99. The van der Waals surface area contributed by atoms with Gasteiger partial charge in [0.15, 0.2) is 5.96 Å². The van der Waals surface area contributed by atoms with Gasteiger partial charge in [-0.3, -0.25) is 9.79 Å². The van der Waals surface area contributed by atoms with Crippen LogP contribution in [0.25, 0.3) is 0 Å². The van der Waals surface area contributed by atoms with Gasteiger partial charge in [-0.05, 0) is 33.1 Å². The van der Waals surface area contributed by atoms with Crippen LogP contribution in [0.2, 0.25) is 0 Å². The Kier molecular flexibility index (Phi) is 10.9. The van der Waals surface area contributed by atoms with Gasteiger partial charge in [-0.25, -0.2) is 4.98 Å². The number of nitrogens with zero attached hydrogens (tertiary/aromatic N) is 2. The van der Waals surface area contributed by atoms with E-state index in [9.17, 15) is 4.79 Å². The van der Waals surface area contributed by atoms with Crippen molar-refractivity contribution in [3.05, 3.63) is 16.1 Å². The molecule has 2 unspecified atom stereocenters. The summed E-state index contributed by atoms with van der Waals surface area (Å²) in [5, 5.41) is 13.3. The normalized spacial score (nSPS) is 20.2. The molecule has 0 saturated heterocycles. The molecule has 166 valence electrons. The minimum Gasteiger partial charge on any atom is -0.356 e. The topological polar surface area (TPSA) is 78.4 Å². The first-order valence-corrected chi connectivity index (χ1v) is 11.3. The van der Waals surface area contributed by atoms with Gasteiger partial charge in [0.25, 0.3) is 0 Å². The summed E-state index contributed by atoms with van der Waals surface area (Å²) in [5.74, 6) is 1.09. The van der Waals surface area contributed by atoms with Crippen LogP contribution in [0, 0.1) is 5.92 Å². The highest BCUT2D eigenvalue weighted by Crippen LogP contribution is 2.25. The minimum atomic E-state index is 0. The van der Waals surface area contributed by atoms with Crippen LogP contribution in [0.15, 0.2) is 10.4 Å². The van der Waals surface area contributed by atoms with Crippen molar-refractivity contribution in [1.29, 1.82) is 0 Å². The lowest BCUT2D eigenvalue weighted by molar-refractivity contribution is -0.126. The van der Waals surface area contributed by atoms with Gasteiger partial charge >= 0.3 is 0 Å². The Morgan fingerprint density at radius 2 is 2.07 bits per heavy atom.